The van der Waals surface area contributed by atoms with Crippen LogP contribution in [0.2, 0.25) is 5.02 Å². The quantitative estimate of drug-likeness (QED) is 0.659. The van der Waals surface area contributed by atoms with E-state index in [-0.39, 0.29) is 6.54 Å². The van der Waals surface area contributed by atoms with Gasteiger partial charge in [-0.25, -0.2) is 0 Å². The number of hydrogen-bond donors (Lipinski definition) is 2. The number of benzene rings is 1. The molecular formula is C13H18ClN3OS. The minimum absolute atomic E-state index is 0.275. The lowest BCUT2D eigenvalue weighted by molar-refractivity contribution is 0.186. The first kappa shape index (κ1) is 14.5. The number of thioether (sulfide) groups is 1. The molecule has 1 fully saturated rings. The van der Waals surface area contributed by atoms with Crippen molar-refractivity contribution in [3.8, 4) is 0 Å². The monoisotopic (exact) mass is 299 g/mol. The van der Waals surface area contributed by atoms with Crippen molar-refractivity contribution in [2.45, 2.75) is 6.10 Å². The highest BCUT2D eigenvalue weighted by atomic mass is 35.5. The molecule has 1 aliphatic heterocycles. The summed E-state index contributed by atoms with van der Waals surface area (Å²) in [5.41, 5.74) is 6.73. The smallest absolute Gasteiger partial charge is 0.191 e. The van der Waals surface area contributed by atoms with Crippen LogP contribution in [0.3, 0.4) is 0 Å². The summed E-state index contributed by atoms with van der Waals surface area (Å²) in [5.74, 6) is 2.68. The molecular weight excluding hydrogens is 282 g/mol. The lowest BCUT2D eigenvalue weighted by atomic mass is 10.1. The van der Waals surface area contributed by atoms with Crippen LogP contribution in [0.15, 0.2) is 29.3 Å². The van der Waals surface area contributed by atoms with Crippen molar-refractivity contribution >= 4 is 29.3 Å². The number of nitrogens with zero attached hydrogens (tertiary/aromatic N) is 2. The van der Waals surface area contributed by atoms with Crippen LogP contribution in [-0.2, 0) is 0 Å². The zero-order valence-electron chi connectivity index (χ0n) is 10.6. The van der Waals surface area contributed by atoms with Crippen LogP contribution in [0.5, 0.6) is 0 Å². The summed E-state index contributed by atoms with van der Waals surface area (Å²) >= 11 is 7.73. The SMILES string of the molecule is NC(=NCC(O)c1ccc(Cl)cc1)N1CCSCC1. The second kappa shape index (κ2) is 7.03. The van der Waals surface area contributed by atoms with Crippen molar-refractivity contribution < 1.29 is 5.11 Å². The molecule has 1 unspecified atom stereocenters. The number of aliphatic hydroxyl groups excluding tert-OH is 1. The van der Waals surface area contributed by atoms with Crippen LogP contribution in [0.1, 0.15) is 11.7 Å². The van der Waals surface area contributed by atoms with Crippen LogP contribution in [0.4, 0.5) is 0 Å². The second-order valence-corrected chi connectivity index (χ2v) is 6.03. The molecule has 0 amide bonds. The number of guanidine groups is 1. The molecule has 1 aliphatic rings. The van der Waals surface area contributed by atoms with Gasteiger partial charge in [0.25, 0.3) is 0 Å². The number of rotatable bonds is 3. The summed E-state index contributed by atoms with van der Waals surface area (Å²) in [7, 11) is 0. The van der Waals surface area contributed by atoms with Crippen molar-refractivity contribution in [2.75, 3.05) is 31.1 Å². The summed E-state index contributed by atoms with van der Waals surface area (Å²) in [5, 5.41) is 10.7. The minimum atomic E-state index is -0.644. The molecule has 0 saturated carbocycles. The molecule has 1 aromatic carbocycles. The van der Waals surface area contributed by atoms with Crippen LogP contribution < -0.4 is 5.73 Å². The predicted octanol–water partition coefficient (Wildman–Crippen LogP) is 1.74. The van der Waals surface area contributed by atoms with E-state index in [1.165, 1.54) is 0 Å². The van der Waals surface area contributed by atoms with Gasteiger partial charge in [0.1, 0.15) is 0 Å². The van der Waals surface area contributed by atoms with Crippen LogP contribution in [0, 0.1) is 0 Å². The van der Waals surface area contributed by atoms with Crippen molar-refractivity contribution in [3.63, 3.8) is 0 Å². The van der Waals surface area contributed by atoms with E-state index in [0.717, 1.165) is 30.2 Å². The van der Waals surface area contributed by atoms with Crippen molar-refractivity contribution in [3.05, 3.63) is 34.9 Å². The highest BCUT2D eigenvalue weighted by Gasteiger charge is 2.13. The maximum atomic E-state index is 10.0. The number of aliphatic hydroxyl groups is 1. The summed E-state index contributed by atoms with van der Waals surface area (Å²) in [6.45, 7) is 2.13. The van der Waals surface area contributed by atoms with Gasteiger partial charge >= 0.3 is 0 Å². The first-order chi connectivity index (χ1) is 9.16. The van der Waals surface area contributed by atoms with Gasteiger partial charge in [0, 0.05) is 29.6 Å². The summed E-state index contributed by atoms with van der Waals surface area (Å²) in [6.07, 6.45) is -0.644. The number of halogens is 1. The second-order valence-electron chi connectivity index (χ2n) is 4.37. The van der Waals surface area contributed by atoms with E-state index < -0.39 is 6.10 Å². The van der Waals surface area contributed by atoms with Crippen LogP contribution in [-0.4, -0.2) is 47.1 Å². The number of aliphatic imine (C=N–C) groups is 1. The molecule has 104 valence electrons. The fourth-order valence-electron chi connectivity index (χ4n) is 1.86. The summed E-state index contributed by atoms with van der Waals surface area (Å²) < 4.78 is 0. The van der Waals surface area contributed by atoms with Gasteiger partial charge < -0.3 is 15.7 Å². The van der Waals surface area contributed by atoms with Crippen molar-refractivity contribution in [1.82, 2.24) is 4.90 Å². The molecule has 6 heteroatoms. The molecule has 1 atom stereocenters. The third-order valence-corrected chi connectivity index (χ3v) is 4.21. The Bertz CT molecular complexity index is 432. The largest absolute Gasteiger partial charge is 0.386 e. The summed E-state index contributed by atoms with van der Waals surface area (Å²) in [4.78, 5) is 6.34. The van der Waals surface area contributed by atoms with Gasteiger partial charge in [0.05, 0.1) is 12.6 Å². The Balaban J connectivity index is 1.91. The molecule has 1 aromatic rings. The Morgan fingerprint density at radius 2 is 2.00 bits per heavy atom. The molecule has 0 aromatic heterocycles. The Morgan fingerprint density at radius 1 is 1.37 bits per heavy atom. The van der Waals surface area contributed by atoms with Gasteiger partial charge in [-0.3, -0.25) is 4.99 Å². The van der Waals surface area contributed by atoms with E-state index in [2.05, 4.69) is 9.89 Å². The topological polar surface area (TPSA) is 61.9 Å². The van der Waals surface area contributed by atoms with Crippen molar-refractivity contribution in [1.29, 1.82) is 0 Å². The third kappa shape index (κ3) is 4.30. The molecule has 1 heterocycles. The van der Waals surface area contributed by atoms with E-state index >= 15 is 0 Å². The van der Waals surface area contributed by atoms with E-state index in [1.807, 2.05) is 11.8 Å². The van der Waals surface area contributed by atoms with Gasteiger partial charge in [-0.05, 0) is 17.7 Å². The van der Waals surface area contributed by atoms with Gasteiger partial charge in [-0.2, -0.15) is 11.8 Å². The molecule has 2 rings (SSSR count). The molecule has 3 N–H and O–H groups in total. The van der Waals surface area contributed by atoms with Crippen LogP contribution >= 0.6 is 23.4 Å². The van der Waals surface area contributed by atoms with Crippen molar-refractivity contribution in [2.24, 2.45) is 10.7 Å². The van der Waals surface area contributed by atoms with Gasteiger partial charge in [0.2, 0.25) is 0 Å². The Morgan fingerprint density at radius 3 is 2.63 bits per heavy atom. The molecule has 0 bridgehead atoms. The fourth-order valence-corrected chi connectivity index (χ4v) is 2.89. The van der Waals surface area contributed by atoms with E-state index in [0.29, 0.717) is 11.0 Å². The molecule has 1 saturated heterocycles. The highest BCUT2D eigenvalue weighted by Crippen LogP contribution is 2.17. The first-order valence-corrected chi connectivity index (χ1v) is 7.76. The molecule has 4 nitrogen and oxygen atoms in total. The average Bonchev–Trinajstić information content (AvgIpc) is 2.46. The molecule has 19 heavy (non-hydrogen) atoms. The first-order valence-electron chi connectivity index (χ1n) is 6.23. The van der Waals surface area contributed by atoms with Gasteiger partial charge in [-0.1, -0.05) is 23.7 Å². The fraction of sp³-hybridized carbons (Fsp3) is 0.462. The maximum Gasteiger partial charge on any atom is 0.191 e. The maximum absolute atomic E-state index is 10.0. The standard InChI is InChI=1S/C13H18ClN3OS/c14-11-3-1-10(2-4-11)12(18)9-16-13(15)17-5-7-19-8-6-17/h1-4,12,18H,5-9H2,(H2,15,16). The van der Waals surface area contributed by atoms with E-state index in [1.54, 1.807) is 24.3 Å². The minimum Gasteiger partial charge on any atom is -0.386 e. The third-order valence-electron chi connectivity index (χ3n) is 3.02. The zero-order chi connectivity index (χ0) is 13.7. The summed E-state index contributed by atoms with van der Waals surface area (Å²) in [6, 6.07) is 7.12. The Labute approximate surface area is 122 Å². The predicted molar refractivity (Wildman–Crippen MR) is 81.8 cm³/mol. The van der Waals surface area contributed by atoms with E-state index in [4.69, 9.17) is 17.3 Å². The Kier molecular flexibility index (Phi) is 5.36. The zero-order valence-corrected chi connectivity index (χ0v) is 12.2. The normalized spacial score (nSPS) is 18.4. The Hall–Kier alpha value is -0.910. The van der Waals surface area contributed by atoms with Gasteiger partial charge in [0.15, 0.2) is 5.96 Å². The molecule has 0 aliphatic carbocycles. The van der Waals surface area contributed by atoms with E-state index in [9.17, 15) is 5.11 Å². The van der Waals surface area contributed by atoms with Gasteiger partial charge in [-0.15, -0.1) is 0 Å². The average molecular weight is 300 g/mol. The molecule has 0 radical (unpaired) electrons. The highest BCUT2D eigenvalue weighted by molar-refractivity contribution is 7.99. The lowest BCUT2D eigenvalue weighted by Gasteiger charge is -2.27. The number of hydrogen-bond acceptors (Lipinski definition) is 3. The lowest BCUT2D eigenvalue weighted by Crippen LogP contribution is -2.42. The molecule has 0 spiro atoms. The van der Waals surface area contributed by atoms with Crippen LogP contribution in [0.25, 0.3) is 0 Å². The number of nitrogens with two attached hydrogens (primary N) is 1.